The largest absolute Gasteiger partial charge is 0.459 e. The standard InChI is InChI=1S/C24H25N3O7S/c1-12(2)34-23(30)19-13(3)20(26-14(19)4)21(28)25-7-8-27-22(29)18(35-24(27)31)10-15-5-6-16-17(9-15)33-11-32-16/h5-6,9-10,12,26H,7-8,11H2,1-4H3,(H,25,28)/b18-10-. The lowest BCUT2D eigenvalue weighted by molar-refractivity contribution is -0.122. The number of hydrogen-bond acceptors (Lipinski definition) is 8. The van der Waals surface area contributed by atoms with E-state index in [9.17, 15) is 19.2 Å². The van der Waals surface area contributed by atoms with E-state index in [1.54, 1.807) is 52.0 Å². The zero-order valence-electron chi connectivity index (χ0n) is 19.7. The summed E-state index contributed by atoms with van der Waals surface area (Å²) in [5.41, 5.74) is 2.26. The van der Waals surface area contributed by atoms with Gasteiger partial charge < -0.3 is 24.5 Å². The number of thioether (sulfide) groups is 1. The second-order valence-electron chi connectivity index (χ2n) is 8.28. The van der Waals surface area contributed by atoms with Crippen LogP contribution in [0.1, 0.15) is 51.5 Å². The van der Waals surface area contributed by atoms with Crippen LogP contribution in [-0.4, -0.2) is 58.9 Å². The molecule has 0 aliphatic carbocycles. The molecule has 1 saturated heterocycles. The molecule has 1 aromatic heterocycles. The fourth-order valence-corrected chi connectivity index (χ4v) is 4.64. The molecule has 2 aliphatic rings. The summed E-state index contributed by atoms with van der Waals surface area (Å²) in [4.78, 5) is 54.5. The van der Waals surface area contributed by atoms with E-state index in [1.807, 2.05) is 0 Å². The summed E-state index contributed by atoms with van der Waals surface area (Å²) >= 11 is 0.837. The fourth-order valence-electron chi connectivity index (χ4n) is 3.77. The van der Waals surface area contributed by atoms with Gasteiger partial charge in [0.15, 0.2) is 11.5 Å². The second-order valence-corrected chi connectivity index (χ2v) is 9.27. The third kappa shape index (κ3) is 5.04. The van der Waals surface area contributed by atoms with Crippen LogP contribution in [-0.2, 0) is 9.53 Å². The summed E-state index contributed by atoms with van der Waals surface area (Å²) in [5, 5.41) is 2.28. The van der Waals surface area contributed by atoms with Crippen LogP contribution in [0.3, 0.4) is 0 Å². The Balaban J connectivity index is 1.37. The number of ether oxygens (including phenoxy) is 3. The first-order chi connectivity index (χ1) is 16.7. The molecule has 2 aliphatic heterocycles. The summed E-state index contributed by atoms with van der Waals surface area (Å²) < 4.78 is 15.9. The maximum absolute atomic E-state index is 12.8. The number of aromatic amines is 1. The van der Waals surface area contributed by atoms with E-state index in [-0.39, 0.29) is 36.6 Å². The minimum atomic E-state index is -0.502. The summed E-state index contributed by atoms with van der Waals surface area (Å²) in [6.45, 7) is 7.05. The third-order valence-electron chi connectivity index (χ3n) is 5.40. The van der Waals surface area contributed by atoms with Crippen LogP contribution in [0, 0.1) is 13.8 Å². The molecule has 2 aromatic rings. The number of esters is 1. The SMILES string of the molecule is Cc1[nH]c(C(=O)NCCN2C(=O)S/C(=C\c3ccc4c(c3)OCO4)C2=O)c(C)c1C(=O)OC(C)C. The summed E-state index contributed by atoms with van der Waals surface area (Å²) in [6, 6.07) is 5.25. The Kier molecular flexibility index (Phi) is 6.88. The van der Waals surface area contributed by atoms with E-state index in [0.29, 0.717) is 33.9 Å². The monoisotopic (exact) mass is 499 g/mol. The Hall–Kier alpha value is -3.73. The third-order valence-corrected chi connectivity index (χ3v) is 6.31. The van der Waals surface area contributed by atoms with Gasteiger partial charge in [-0.05, 0) is 68.8 Å². The lowest BCUT2D eigenvalue weighted by Gasteiger charge is -2.13. The fraction of sp³-hybridized carbons (Fsp3) is 0.333. The highest BCUT2D eigenvalue weighted by Crippen LogP contribution is 2.36. The molecule has 10 nitrogen and oxygen atoms in total. The van der Waals surface area contributed by atoms with Gasteiger partial charge in [-0.3, -0.25) is 19.3 Å². The summed E-state index contributed by atoms with van der Waals surface area (Å²) in [5.74, 6) is -0.175. The van der Waals surface area contributed by atoms with Crippen LogP contribution >= 0.6 is 11.8 Å². The van der Waals surface area contributed by atoms with Crippen molar-refractivity contribution in [1.82, 2.24) is 15.2 Å². The van der Waals surface area contributed by atoms with Crippen LogP contribution in [0.5, 0.6) is 11.5 Å². The smallest absolute Gasteiger partial charge is 0.340 e. The Bertz CT molecular complexity index is 1250. The molecule has 0 unspecified atom stereocenters. The lowest BCUT2D eigenvalue weighted by Crippen LogP contribution is -2.37. The molecule has 3 heterocycles. The Morgan fingerprint density at radius 1 is 1.23 bits per heavy atom. The molecule has 1 aromatic carbocycles. The minimum Gasteiger partial charge on any atom is -0.459 e. The Morgan fingerprint density at radius 3 is 2.71 bits per heavy atom. The molecule has 1 fully saturated rings. The highest BCUT2D eigenvalue weighted by atomic mass is 32.2. The van der Waals surface area contributed by atoms with Gasteiger partial charge in [0, 0.05) is 18.8 Å². The van der Waals surface area contributed by atoms with Crippen LogP contribution in [0.25, 0.3) is 6.08 Å². The van der Waals surface area contributed by atoms with E-state index in [4.69, 9.17) is 14.2 Å². The molecule has 0 spiro atoms. The highest BCUT2D eigenvalue weighted by molar-refractivity contribution is 8.18. The van der Waals surface area contributed by atoms with Crippen molar-refractivity contribution in [2.45, 2.75) is 33.8 Å². The lowest BCUT2D eigenvalue weighted by atomic mass is 10.1. The summed E-state index contributed by atoms with van der Waals surface area (Å²) in [7, 11) is 0. The molecule has 184 valence electrons. The number of carbonyl (C=O) groups is 4. The van der Waals surface area contributed by atoms with Gasteiger partial charge in [0.1, 0.15) is 5.69 Å². The zero-order valence-corrected chi connectivity index (χ0v) is 20.5. The van der Waals surface area contributed by atoms with Crippen LogP contribution in [0.15, 0.2) is 23.1 Å². The van der Waals surface area contributed by atoms with Gasteiger partial charge in [-0.25, -0.2) is 4.79 Å². The molecule has 0 radical (unpaired) electrons. The van der Waals surface area contributed by atoms with Crippen molar-refractivity contribution in [3.8, 4) is 11.5 Å². The van der Waals surface area contributed by atoms with Crippen molar-refractivity contribution in [2.24, 2.45) is 0 Å². The van der Waals surface area contributed by atoms with E-state index < -0.39 is 23.0 Å². The van der Waals surface area contributed by atoms with E-state index in [0.717, 1.165) is 16.7 Å². The van der Waals surface area contributed by atoms with Crippen molar-refractivity contribution < 1.29 is 33.4 Å². The topological polar surface area (TPSA) is 127 Å². The van der Waals surface area contributed by atoms with Gasteiger partial charge in [0.2, 0.25) is 6.79 Å². The number of aryl methyl sites for hydroxylation is 1. The quantitative estimate of drug-likeness (QED) is 0.438. The van der Waals surface area contributed by atoms with Gasteiger partial charge in [-0.2, -0.15) is 0 Å². The zero-order chi connectivity index (χ0) is 25.3. The maximum atomic E-state index is 12.8. The number of benzene rings is 1. The molecule has 0 saturated carbocycles. The minimum absolute atomic E-state index is 0.00979. The number of carbonyl (C=O) groups excluding carboxylic acids is 4. The van der Waals surface area contributed by atoms with E-state index >= 15 is 0 Å². The number of H-pyrrole nitrogens is 1. The van der Waals surface area contributed by atoms with E-state index in [1.165, 1.54) is 0 Å². The molecule has 0 bridgehead atoms. The van der Waals surface area contributed by atoms with Gasteiger partial charge in [-0.1, -0.05) is 6.07 Å². The number of imide groups is 1. The average molecular weight is 500 g/mol. The van der Waals surface area contributed by atoms with Crippen LogP contribution in [0.4, 0.5) is 4.79 Å². The normalized spacial score (nSPS) is 15.9. The molecule has 2 N–H and O–H groups in total. The number of amides is 3. The highest BCUT2D eigenvalue weighted by Gasteiger charge is 2.35. The molecular formula is C24H25N3O7S. The van der Waals surface area contributed by atoms with E-state index in [2.05, 4.69) is 10.3 Å². The molecule has 35 heavy (non-hydrogen) atoms. The first-order valence-electron chi connectivity index (χ1n) is 11.0. The van der Waals surface area contributed by atoms with Crippen LogP contribution < -0.4 is 14.8 Å². The number of rotatable bonds is 7. The van der Waals surface area contributed by atoms with Gasteiger partial charge in [-0.15, -0.1) is 0 Å². The predicted octanol–water partition coefficient (Wildman–Crippen LogP) is 3.39. The first kappa shape index (κ1) is 24.4. The van der Waals surface area contributed by atoms with Gasteiger partial charge in [0.05, 0.1) is 16.6 Å². The number of hydrogen-bond donors (Lipinski definition) is 2. The number of fused-ring (bicyclic) bond motifs is 1. The maximum Gasteiger partial charge on any atom is 0.340 e. The molecule has 4 rings (SSSR count). The average Bonchev–Trinajstić information content (AvgIpc) is 3.45. The van der Waals surface area contributed by atoms with Gasteiger partial charge >= 0.3 is 5.97 Å². The van der Waals surface area contributed by atoms with Crippen molar-refractivity contribution in [3.05, 3.63) is 51.2 Å². The second kappa shape index (κ2) is 9.87. The Morgan fingerprint density at radius 2 is 1.97 bits per heavy atom. The van der Waals surface area contributed by atoms with Gasteiger partial charge in [0.25, 0.3) is 17.1 Å². The molecule has 11 heteroatoms. The number of nitrogens with zero attached hydrogens (tertiary/aromatic N) is 1. The molecular weight excluding hydrogens is 474 g/mol. The van der Waals surface area contributed by atoms with Crippen molar-refractivity contribution in [1.29, 1.82) is 0 Å². The van der Waals surface area contributed by atoms with Crippen molar-refractivity contribution in [3.63, 3.8) is 0 Å². The Labute approximate surface area is 206 Å². The van der Waals surface area contributed by atoms with Crippen LogP contribution in [0.2, 0.25) is 0 Å². The predicted molar refractivity (Wildman–Crippen MR) is 128 cm³/mol. The number of nitrogens with one attached hydrogen (secondary N) is 2. The first-order valence-corrected chi connectivity index (χ1v) is 11.8. The molecule has 0 atom stereocenters. The molecule has 3 amide bonds. The number of aromatic nitrogens is 1. The van der Waals surface area contributed by atoms with Crippen molar-refractivity contribution in [2.75, 3.05) is 19.9 Å². The summed E-state index contributed by atoms with van der Waals surface area (Å²) in [6.07, 6.45) is 1.33. The van der Waals surface area contributed by atoms with Crippen molar-refractivity contribution >= 4 is 40.9 Å².